The molecule has 4 aromatic rings. The number of benzene rings is 4. The number of halogens is 6. The molecular weight excluding hydrogens is 478 g/mol. The maximum atomic E-state index is 15.2. The van der Waals surface area contributed by atoms with Crippen LogP contribution in [-0.2, 0) is 19.3 Å². The Morgan fingerprint density at radius 2 is 1.36 bits per heavy atom. The number of fused-ring (bicyclic) bond motifs is 1. The van der Waals surface area contributed by atoms with E-state index < -0.39 is 36.0 Å². The minimum Gasteiger partial charge on any atom is -0.478 e. The highest BCUT2D eigenvalue weighted by molar-refractivity contribution is 5.88. The van der Waals surface area contributed by atoms with Crippen molar-refractivity contribution in [1.82, 2.24) is 0 Å². The van der Waals surface area contributed by atoms with Crippen molar-refractivity contribution in [3.05, 3.63) is 101 Å². The molecule has 0 spiro atoms. The van der Waals surface area contributed by atoms with Gasteiger partial charge in [-0.15, -0.1) is 0 Å². The second-order valence-electron chi connectivity index (χ2n) is 8.71. The third-order valence-electron chi connectivity index (χ3n) is 5.98. The number of hydrogen-bond donors (Lipinski definition) is 0. The average Bonchev–Trinajstić information content (AvgIpc) is 2.83. The van der Waals surface area contributed by atoms with Crippen LogP contribution in [0.5, 0.6) is 5.75 Å². The molecule has 0 N–H and O–H groups in total. The van der Waals surface area contributed by atoms with E-state index in [0.29, 0.717) is 10.9 Å². The summed E-state index contributed by atoms with van der Waals surface area (Å²) in [7, 11) is 0. The zero-order valence-electron chi connectivity index (χ0n) is 19.6. The quantitative estimate of drug-likeness (QED) is 0.219. The smallest absolute Gasteiger partial charge is 0.422 e. The van der Waals surface area contributed by atoms with E-state index in [1.165, 1.54) is 5.56 Å². The molecule has 0 aromatic heterocycles. The van der Waals surface area contributed by atoms with E-state index in [4.69, 9.17) is 0 Å². The highest BCUT2D eigenvalue weighted by Gasteiger charge is 2.29. The van der Waals surface area contributed by atoms with Crippen LogP contribution >= 0.6 is 0 Å². The SMILES string of the molecule is CCCc1ccc(-c2ccc3c(F)c(CCc4cc(F)c(OCC(F)(F)F)c(F)c4)ccc3c2)cc1. The van der Waals surface area contributed by atoms with Gasteiger partial charge in [-0.25, -0.2) is 13.2 Å². The van der Waals surface area contributed by atoms with E-state index in [2.05, 4.69) is 35.9 Å². The Morgan fingerprint density at radius 3 is 2.00 bits per heavy atom. The van der Waals surface area contributed by atoms with Crippen LogP contribution in [0.2, 0.25) is 0 Å². The lowest BCUT2D eigenvalue weighted by atomic mass is 9.96. The summed E-state index contributed by atoms with van der Waals surface area (Å²) in [5, 5.41) is 1.17. The largest absolute Gasteiger partial charge is 0.478 e. The molecule has 0 unspecified atom stereocenters. The Hall–Kier alpha value is -3.48. The van der Waals surface area contributed by atoms with Crippen molar-refractivity contribution in [3.63, 3.8) is 0 Å². The number of alkyl halides is 3. The Balaban J connectivity index is 1.50. The van der Waals surface area contributed by atoms with Crippen LogP contribution in [0.15, 0.2) is 66.7 Å². The van der Waals surface area contributed by atoms with Gasteiger partial charge in [0.25, 0.3) is 0 Å². The van der Waals surface area contributed by atoms with Crippen molar-refractivity contribution in [3.8, 4) is 16.9 Å². The third kappa shape index (κ3) is 6.01. The zero-order valence-corrected chi connectivity index (χ0v) is 19.6. The van der Waals surface area contributed by atoms with Gasteiger partial charge in [0.2, 0.25) is 0 Å². The fraction of sp³-hybridized carbons (Fsp3) is 0.241. The molecule has 0 aliphatic heterocycles. The van der Waals surface area contributed by atoms with Gasteiger partial charge >= 0.3 is 6.18 Å². The molecule has 0 bridgehead atoms. The molecule has 7 heteroatoms. The van der Waals surface area contributed by atoms with Crippen molar-refractivity contribution >= 4 is 10.8 Å². The van der Waals surface area contributed by atoms with Gasteiger partial charge in [-0.3, -0.25) is 0 Å². The zero-order chi connectivity index (χ0) is 25.9. The van der Waals surface area contributed by atoms with E-state index in [1.54, 1.807) is 18.2 Å². The highest BCUT2D eigenvalue weighted by Crippen LogP contribution is 2.30. The van der Waals surface area contributed by atoms with E-state index in [9.17, 15) is 22.0 Å². The van der Waals surface area contributed by atoms with Gasteiger partial charge in [-0.1, -0.05) is 61.9 Å². The molecule has 0 heterocycles. The Morgan fingerprint density at radius 1 is 0.694 bits per heavy atom. The first-order valence-corrected chi connectivity index (χ1v) is 11.6. The second kappa shape index (κ2) is 10.6. The van der Waals surface area contributed by atoms with Crippen LogP contribution in [0.25, 0.3) is 21.9 Å². The molecule has 0 radical (unpaired) electrons. The molecule has 4 aromatic carbocycles. The first-order valence-electron chi connectivity index (χ1n) is 11.6. The van der Waals surface area contributed by atoms with E-state index >= 15 is 4.39 Å². The average molecular weight is 502 g/mol. The molecule has 0 amide bonds. The van der Waals surface area contributed by atoms with E-state index in [-0.39, 0.29) is 18.4 Å². The van der Waals surface area contributed by atoms with Crippen molar-refractivity contribution in [2.75, 3.05) is 6.61 Å². The van der Waals surface area contributed by atoms with Crippen LogP contribution in [0, 0.1) is 17.5 Å². The van der Waals surface area contributed by atoms with Crippen LogP contribution < -0.4 is 4.74 Å². The number of rotatable bonds is 8. The maximum absolute atomic E-state index is 15.2. The number of ether oxygens (including phenoxy) is 1. The molecule has 0 fully saturated rings. The van der Waals surface area contributed by atoms with Gasteiger partial charge in [0, 0.05) is 5.39 Å². The molecule has 1 nitrogen and oxygen atoms in total. The molecule has 0 aliphatic carbocycles. The van der Waals surface area contributed by atoms with E-state index in [1.807, 2.05) is 12.1 Å². The molecule has 36 heavy (non-hydrogen) atoms. The lowest BCUT2D eigenvalue weighted by Crippen LogP contribution is -2.20. The van der Waals surface area contributed by atoms with Gasteiger partial charge in [0.1, 0.15) is 5.82 Å². The van der Waals surface area contributed by atoms with E-state index in [0.717, 1.165) is 41.5 Å². The molecule has 0 saturated carbocycles. The van der Waals surface area contributed by atoms with Gasteiger partial charge < -0.3 is 4.74 Å². The summed E-state index contributed by atoms with van der Waals surface area (Å²) in [6.45, 7) is 0.332. The predicted molar refractivity (Wildman–Crippen MR) is 129 cm³/mol. The molecule has 188 valence electrons. The third-order valence-corrected chi connectivity index (χ3v) is 5.98. The van der Waals surface area contributed by atoms with Crippen LogP contribution in [-0.4, -0.2) is 12.8 Å². The summed E-state index contributed by atoms with van der Waals surface area (Å²) < 4.78 is 84.6. The fourth-order valence-electron chi connectivity index (χ4n) is 4.19. The van der Waals surface area contributed by atoms with Crippen molar-refractivity contribution in [1.29, 1.82) is 0 Å². The van der Waals surface area contributed by atoms with Gasteiger partial charge in [0.05, 0.1) is 0 Å². The number of hydrogen-bond acceptors (Lipinski definition) is 1. The normalized spacial score (nSPS) is 11.8. The van der Waals surface area contributed by atoms with Crippen LogP contribution in [0.4, 0.5) is 26.3 Å². The summed E-state index contributed by atoms with van der Waals surface area (Å²) >= 11 is 0. The van der Waals surface area contributed by atoms with Crippen molar-refractivity contribution in [2.45, 2.75) is 38.8 Å². The predicted octanol–water partition coefficient (Wildman–Crippen LogP) is 8.60. The van der Waals surface area contributed by atoms with Gasteiger partial charge in [-0.2, -0.15) is 13.2 Å². The summed E-state index contributed by atoms with van der Waals surface area (Å²) in [6, 6.07) is 19.0. The fourth-order valence-corrected chi connectivity index (χ4v) is 4.19. The summed E-state index contributed by atoms with van der Waals surface area (Å²) in [5.41, 5.74) is 3.83. The minimum atomic E-state index is -4.72. The standard InChI is InChI=1S/C29H24F6O/c1-2-3-18-4-7-20(8-5-18)22-12-13-24-23(16-22)11-10-21(27(24)32)9-6-19-14-25(30)28(26(31)15-19)36-17-29(33,34)35/h4-5,7-8,10-16H,2-3,6,9,17H2,1H3. The molecule has 0 saturated heterocycles. The lowest BCUT2D eigenvalue weighted by molar-refractivity contribution is -0.154. The topological polar surface area (TPSA) is 9.23 Å². The first-order chi connectivity index (χ1) is 17.1. The first kappa shape index (κ1) is 25.6. The number of aryl methyl sites for hydroxylation is 3. The van der Waals surface area contributed by atoms with Crippen LogP contribution in [0.3, 0.4) is 0 Å². The summed E-state index contributed by atoms with van der Waals surface area (Å²) in [4.78, 5) is 0. The molecule has 0 aliphatic rings. The Bertz CT molecular complexity index is 1340. The molecular formula is C29H24F6O. The van der Waals surface area contributed by atoms with Crippen molar-refractivity contribution < 1.29 is 31.1 Å². The summed E-state index contributed by atoms with van der Waals surface area (Å²) in [5.74, 6) is -3.96. The monoisotopic (exact) mass is 502 g/mol. The van der Waals surface area contributed by atoms with Gasteiger partial charge in [-0.05, 0) is 70.7 Å². The Kier molecular flexibility index (Phi) is 7.57. The maximum Gasteiger partial charge on any atom is 0.422 e. The lowest BCUT2D eigenvalue weighted by Gasteiger charge is -2.12. The highest BCUT2D eigenvalue weighted by atomic mass is 19.4. The molecule has 4 rings (SSSR count). The van der Waals surface area contributed by atoms with Crippen molar-refractivity contribution in [2.24, 2.45) is 0 Å². The minimum absolute atomic E-state index is 0.0952. The molecule has 0 atom stereocenters. The summed E-state index contributed by atoms with van der Waals surface area (Å²) in [6.07, 6.45) is -2.38. The van der Waals surface area contributed by atoms with Gasteiger partial charge in [0.15, 0.2) is 24.0 Å². The van der Waals surface area contributed by atoms with Crippen LogP contribution in [0.1, 0.15) is 30.0 Å². The Labute approximate surface area is 205 Å². The second-order valence-corrected chi connectivity index (χ2v) is 8.71.